The third kappa shape index (κ3) is 16.5. The first-order chi connectivity index (χ1) is 39.8. The fourth-order valence-corrected chi connectivity index (χ4v) is 10.8. The lowest BCUT2D eigenvalue weighted by Crippen LogP contribution is -2.44. The van der Waals surface area contributed by atoms with E-state index in [2.05, 4.69) is 73.8 Å². The highest BCUT2D eigenvalue weighted by molar-refractivity contribution is 14.1. The number of carbonyl (C=O) groups excluding carboxylic acids is 2. The SMILES string of the molecule is Cc1ccc(-c2cc(-c3cc(-c4ccc(S(=O)(=O)C(C)C)cn4)cnc3N(C(=O)OC(C)(C)C)C(=O)OC(C)(C)C)on2)cc1.Cc1ccc(-c2cc(-c3cc(-c4ccc(S(=O)(=O)C(C)C)cn4)cnc3N)on2)cc1.Nc1ncc(Br)cc1I. The zero-order chi connectivity index (χ0) is 62.3. The van der Waals surface area contributed by atoms with Gasteiger partial charge in [0.05, 0.1) is 46.4 Å². The summed E-state index contributed by atoms with van der Waals surface area (Å²) in [4.78, 5) is 49.4. The number of benzene rings is 2. The van der Waals surface area contributed by atoms with Crippen molar-refractivity contribution >= 4 is 87.8 Å². The van der Waals surface area contributed by atoms with E-state index in [1.807, 2.05) is 74.5 Å². The summed E-state index contributed by atoms with van der Waals surface area (Å²) in [6.45, 7) is 20.5. The molecule has 9 rings (SSSR count). The normalized spacial score (nSPS) is 11.8. The molecule has 2 aromatic carbocycles. The molecular formula is C61H64BrIN10O10S2. The van der Waals surface area contributed by atoms with Gasteiger partial charge in [-0.25, -0.2) is 41.4 Å². The van der Waals surface area contributed by atoms with E-state index in [0.717, 1.165) is 35.2 Å². The molecule has 0 saturated heterocycles. The number of halogens is 2. The van der Waals surface area contributed by atoms with Gasteiger partial charge in [0.15, 0.2) is 37.0 Å². The van der Waals surface area contributed by atoms with Crippen LogP contribution in [0, 0.1) is 17.4 Å². The standard InChI is InChI=1S/C33H38N4O7S.C23H22N4O3S.C5H4BrIN2/c1-20(2)45(40,41)24-14-15-26(34-19-24)23-16-25(28-17-27(36-44-28)22-12-10-21(3)11-13-22)29(35-18-23)37(30(38)42-32(4,5)6)31(39)43-33(7,8)9;1-14(2)31(28,29)18-8-9-20(25-13-18)17-10-19(23(24)26-12-17)22-11-21(27-30-22)16-6-4-15(3)5-7-16;6-3-1-4(7)5(8)9-2-3/h10-20H,1-9H3;4-14H,1-3H3,(H2,24,26);1-2H,(H2,8,9). The average Bonchev–Trinajstić information content (AvgIpc) is 2.91. The van der Waals surface area contributed by atoms with E-state index in [0.29, 0.717) is 56.9 Å². The molecule has 7 aromatic heterocycles. The Morgan fingerprint density at radius 1 is 0.529 bits per heavy atom. The van der Waals surface area contributed by atoms with Crippen molar-refractivity contribution < 1.29 is 44.9 Å². The van der Waals surface area contributed by atoms with Crippen molar-refractivity contribution in [2.45, 2.75) is 115 Å². The van der Waals surface area contributed by atoms with E-state index in [-0.39, 0.29) is 26.9 Å². The van der Waals surface area contributed by atoms with Gasteiger partial charge in [-0.15, -0.1) is 0 Å². The minimum absolute atomic E-state index is 0.0880. The molecule has 0 spiro atoms. The van der Waals surface area contributed by atoms with Crippen LogP contribution < -0.4 is 16.4 Å². The lowest BCUT2D eigenvalue weighted by atomic mass is 10.1. The van der Waals surface area contributed by atoms with Crippen LogP contribution in [-0.4, -0.2) is 86.0 Å². The molecule has 9 aromatic rings. The number of aromatic nitrogens is 7. The summed E-state index contributed by atoms with van der Waals surface area (Å²) in [5.41, 5.74) is 17.8. The Hall–Kier alpha value is -7.94. The second-order valence-corrected chi connectivity index (χ2v) is 29.0. The summed E-state index contributed by atoms with van der Waals surface area (Å²) in [6.07, 6.45) is 5.33. The van der Waals surface area contributed by atoms with Gasteiger partial charge in [0.1, 0.15) is 34.2 Å². The minimum atomic E-state index is -3.53. The van der Waals surface area contributed by atoms with Gasteiger partial charge in [-0.2, -0.15) is 4.90 Å². The number of hydrogen-bond acceptors (Lipinski definition) is 19. The van der Waals surface area contributed by atoms with Gasteiger partial charge in [0.25, 0.3) is 0 Å². The second kappa shape index (κ2) is 26.5. The molecule has 2 amide bonds. The van der Waals surface area contributed by atoms with Gasteiger partial charge >= 0.3 is 12.2 Å². The van der Waals surface area contributed by atoms with Crippen molar-refractivity contribution in [2.75, 3.05) is 16.4 Å². The Balaban J connectivity index is 0.000000222. The topological polar surface area (TPSA) is 293 Å². The fourth-order valence-electron chi connectivity index (χ4n) is 7.57. The number of pyridine rings is 5. The van der Waals surface area contributed by atoms with Crippen LogP contribution in [0.1, 0.15) is 80.4 Å². The van der Waals surface area contributed by atoms with Crippen molar-refractivity contribution in [1.82, 2.24) is 35.2 Å². The summed E-state index contributed by atoms with van der Waals surface area (Å²) < 4.78 is 74.3. The third-order valence-electron chi connectivity index (χ3n) is 12.2. The number of hydrogen-bond donors (Lipinski definition) is 2. The first kappa shape index (κ1) is 64.6. The first-order valence-electron chi connectivity index (χ1n) is 26.4. The fraction of sp³-hybridized carbons (Fsp3) is 0.262. The zero-order valence-corrected chi connectivity index (χ0v) is 54.1. The highest BCUT2D eigenvalue weighted by Gasteiger charge is 2.36. The molecule has 0 saturated carbocycles. The lowest BCUT2D eigenvalue weighted by Gasteiger charge is -2.28. The number of anilines is 3. The zero-order valence-electron chi connectivity index (χ0n) is 48.7. The van der Waals surface area contributed by atoms with Crippen LogP contribution in [-0.2, 0) is 29.1 Å². The summed E-state index contributed by atoms with van der Waals surface area (Å²) in [6, 6.07) is 30.7. The maximum absolute atomic E-state index is 13.5. The summed E-state index contributed by atoms with van der Waals surface area (Å²) in [5.74, 6) is 1.45. The number of nitrogens with zero attached hydrogens (tertiary/aromatic N) is 8. The van der Waals surface area contributed by atoms with Crippen molar-refractivity contribution in [3.63, 3.8) is 0 Å². The van der Waals surface area contributed by atoms with Crippen LogP contribution in [0.5, 0.6) is 0 Å². The Morgan fingerprint density at radius 2 is 0.941 bits per heavy atom. The van der Waals surface area contributed by atoms with Gasteiger partial charge in [-0.1, -0.05) is 70.0 Å². The summed E-state index contributed by atoms with van der Waals surface area (Å²) in [5, 5.41) is 7.25. The molecule has 0 aliphatic heterocycles. The number of ether oxygens (including phenoxy) is 2. The van der Waals surface area contributed by atoms with Gasteiger partial charge in [-0.05, 0) is 164 Å². The highest BCUT2D eigenvalue weighted by atomic mass is 127. The lowest BCUT2D eigenvalue weighted by molar-refractivity contribution is 0.0429. The van der Waals surface area contributed by atoms with E-state index >= 15 is 0 Å². The number of amides is 2. The number of carbonyl (C=O) groups is 2. The molecule has 0 unspecified atom stereocenters. The van der Waals surface area contributed by atoms with E-state index in [1.165, 1.54) is 24.7 Å². The van der Waals surface area contributed by atoms with Gasteiger partial charge < -0.3 is 30.0 Å². The number of nitrogen functional groups attached to an aromatic ring is 2. The molecule has 85 heavy (non-hydrogen) atoms. The molecule has 0 radical (unpaired) electrons. The van der Waals surface area contributed by atoms with Crippen LogP contribution in [0.4, 0.5) is 27.0 Å². The number of aryl methyl sites for hydroxylation is 2. The van der Waals surface area contributed by atoms with E-state index in [4.69, 9.17) is 30.0 Å². The molecule has 7 heterocycles. The average molecular weight is 1370 g/mol. The van der Waals surface area contributed by atoms with Crippen LogP contribution >= 0.6 is 38.5 Å². The molecular weight excluding hydrogens is 1300 g/mol. The molecule has 4 N–H and O–H groups in total. The summed E-state index contributed by atoms with van der Waals surface area (Å²) in [7, 11) is -6.91. The van der Waals surface area contributed by atoms with E-state index in [9.17, 15) is 26.4 Å². The van der Waals surface area contributed by atoms with Gasteiger partial charge in [0, 0.05) is 69.8 Å². The van der Waals surface area contributed by atoms with Gasteiger partial charge in [-0.3, -0.25) is 9.97 Å². The maximum Gasteiger partial charge on any atom is 0.425 e. The van der Waals surface area contributed by atoms with Crippen molar-refractivity contribution in [3.8, 4) is 67.7 Å². The predicted octanol–water partition coefficient (Wildman–Crippen LogP) is 14.2. The Bertz CT molecular complexity index is 4050. The van der Waals surface area contributed by atoms with Crippen molar-refractivity contribution in [2.24, 2.45) is 0 Å². The maximum atomic E-state index is 13.5. The third-order valence-corrected chi connectivity index (χ3v) is 17.8. The monoisotopic (exact) mass is 1370 g/mol. The van der Waals surface area contributed by atoms with Crippen molar-refractivity contribution in [1.29, 1.82) is 0 Å². The van der Waals surface area contributed by atoms with Crippen LogP contribution in [0.15, 0.2) is 157 Å². The van der Waals surface area contributed by atoms with Crippen molar-refractivity contribution in [3.05, 3.63) is 153 Å². The molecule has 20 nitrogen and oxygen atoms in total. The molecule has 0 atom stereocenters. The molecule has 0 bridgehead atoms. The molecule has 24 heteroatoms. The van der Waals surface area contributed by atoms with E-state index in [1.54, 1.807) is 118 Å². The molecule has 0 aliphatic rings. The van der Waals surface area contributed by atoms with E-state index < -0.39 is 53.6 Å². The Kier molecular flexibility index (Phi) is 20.2. The predicted molar refractivity (Wildman–Crippen MR) is 339 cm³/mol. The highest BCUT2D eigenvalue weighted by Crippen LogP contribution is 2.38. The summed E-state index contributed by atoms with van der Waals surface area (Å²) >= 11 is 5.41. The second-order valence-electron chi connectivity index (χ2n) is 21.9. The Morgan fingerprint density at radius 3 is 1.33 bits per heavy atom. The first-order valence-corrected chi connectivity index (χ1v) is 31.3. The number of nitrogens with two attached hydrogens (primary N) is 2. The molecule has 0 aliphatic carbocycles. The van der Waals surface area contributed by atoms with Crippen LogP contribution in [0.25, 0.3) is 67.7 Å². The molecule has 0 fully saturated rings. The quantitative estimate of drug-likeness (QED) is 0.114. The number of imide groups is 1. The largest absolute Gasteiger partial charge is 0.443 e. The van der Waals surface area contributed by atoms with Crippen LogP contribution in [0.2, 0.25) is 0 Å². The minimum Gasteiger partial charge on any atom is -0.443 e. The van der Waals surface area contributed by atoms with Crippen LogP contribution in [0.3, 0.4) is 0 Å². The number of rotatable bonds is 11. The molecule has 444 valence electrons. The number of sulfone groups is 2. The smallest absolute Gasteiger partial charge is 0.425 e. The van der Waals surface area contributed by atoms with Gasteiger partial charge in [0.2, 0.25) is 0 Å². The Labute approximate surface area is 516 Å².